The predicted molar refractivity (Wildman–Crippen MR) is 93.8 cm³/mol. The average molecular weight is 343 g/mol. The smallest absolute Gasteiger partial charge is 0.353 e. The van der Waals surface area contributed by atoms with Crippen molar-refractivity contribution < 1.29 is 14.6 Å². The van der Waals surface area contributed by atoms with Crippen molar-refractivity contribution in [3.63, 3.8) is 0 Å². The van der Waals surface area contributed by atoms with Crippen LogP contribution in [0.1, 0.15) is 21.6 Å². The van der Waals surface area contributed by atoms with E-state index in [1.165, 1.54) is 10.8 Å². The van der Waals surface area contributed by atoms with Crippen LogP contribution in [0.25, 0.3) is 11.1 Å². The molecule has 0 aliphatic rings. The van der Waals surface area contributed by atoms with Crippen molar-refractivity contribution in [2.24, 2.45) is 7.05 Å². The van der Waals surface area contributed by atoms with Crippen LogP contribution in [0.5, 0.6) is 11.5 Å². The van der Waals surface area contributed by atoms with Crippen LogP contribution in [0.2, 0.25) is 0 Å². The van der Waals surface area contributed by atoms with Gasteiger partial charge in [-0.1, -0.05) is 18.2 Å². The van der Waals surface area contributed by atoms with Gasteiger partial charge in [0.05, 0.1) is 17.2 Å². The molecule has 3 rings (SSSR count). The molecule has 1 N–H and O–H groups in total. The van der Waals surface area contributed by atoms with Crippen molar-refractivity contribution in [2.75, 3.05) is 0 Å². The molecule has 0 saturated carbocycles. The Morgan fingerprint density at radius 1 is 1.08 bits per heavy atom. The van der Waals surface area contributed by atoms with Gasteiger partial charge in [0.2, 0.25) is 0 Å². The summed E-state index contributed by atoms with van der Waals surface area (Å²) in [6.07, 6.45) is 1.50. The van der Waals surface area contributed by atoms with Crippen LogP contribution < -0.4 is 4.74 Å². The van der Waals surface area contributed by atoms with E-state index in [0.29, 0.717) is 33.8 Å². The van der Waals surface area contributed by atoms with Crippen molar-refractivity contribution in [1.29, 1.82) is 10.5 Å². The van der Waals surface area contributed by atoms with E-state index >= 15 is 0 Å². The number of carboxylic acid groups (broad SMARTS) is 1. The number of aromatic nitrogens is 1. The summed E-state index contributed by atoms with van der Waals surface area (Å²) in [5, 5.41) is 27.7. The summed E-state index contributed by atoms with van der Waals surface area (Å²) in [5.41, 5.74) is 1.82. The lowest BCUT2D eigenvalue weighted by Gasteiger charge is -2.08. The number of benzene rings is 2. The van der Waals surface area contributed by atoms with Crippen molar-refractivity contribution in [2.45, 2.75) is 0 Å². The molecule has 0 amide bonds. The molecule has 0 aliphatic carbocycles. The number of nitriles is 2. The van der Waals surface area contributed by atoms with Gasteiger partial charge in [0.15, 0.2) is 0 Å². The van der Waals surface area contributed by atoms with E-state index in [1.54, 1.807) is 55.6 Å². The first-order valence-electron chi connectivity index (χ1n) is 7.64. The number of carboxylic acids is 1. The number of carbonyl (C=O) groups is 1. The number of hydrogen-bond acceptors (Lipinski definition) is 4. The van der Waals surface area contributed by atoms with Crippen LogP contribution in [0, 0.1) is 22.7 Å². The highest BCUT2D eigenvalue weighted by Gasteiger charge is 2.21. The summed E-state index contributed by atoms with van der Waals surface area (Å²) >= 11 is 0. The van der Waals surface area contributed by atoms with Crippen LogP contribution in [-0.2, 0) is 7.05 Å². The van der Waals surface area contributed by atoms with Gasteiger partial charge in [0, 0.05) is 18.8 Å². The van der Waals surface area contributed by atoms with E-state index in [1.807, 2.05) is 12.1 Å². The molecule has 126 valence electrons. The maximum atomic E-state index is 11.5. The summed E-state index contributed by atoms with van der Waals surface area (Å²) in [6, 6.07) is 17.6. The lowest BCUT2D eigenvalue weighted by molar-refractivity contribution is 0.0687. The van der Waals surface area contributed by atoms with Crippen LogP contribution in [0.4, 0.5) is 0 Å². The van der Waals surface area contributed by atoms with E-state index in [9.17, 15) is 15.2 Å². The second kappa shape index (κ2) is 6.84. The van der Waals surface area contributed by atoms with E-state index in [-0.39, 0.29) is 5.69 Å². The Bertz CT molecular complexity index is 1070. The Morgan fingerprint density at radius 3 is 2.42 bits per heavy atom. The number of nitrogens with zero attached hydrogens (tertiary/aromatic N) is 3. The normalized spacial score (nSPS) is 9.96. The second-order valence-corrected chi connectivity index (χ2v) is 5.56. The third-order valence-electron chi connectivity index (χ3n) is 3.85. The molecule has 0 radical (unpaired) electrons. The Hall–Kier alpha value is -4.03. The summed E-state index contributed by atoms with van der Waals surface area (Å²) in [7, 11) is 1.59. The lowest BCUT2D eigenvalue weighted by atomic mass is 10.0. The number of aromatic carboxylic acids is 1. The van der Waals surface area contributed by atoms with Crippen LogP contribution in [0.3, 0.4) is 0 Å². The molecule has 0 bridgehead atoms. The van der Waals surface area contributed by atoms with E-state index in [4.69, 9.17) is 10.00 Å². The largest absolute Gasteiger partial charge is 0.477 e. The number of rotatable bonds is 4. The monoisotopic (exact) mass is 343 g/mol. The van der Waals surface area contributed by atoms with Crippen molar-refractivity contribution in [3.05, 3.63) is 71.5 Å². The molecular weight excluding hydrogens is 330 g/mol. The number of aryl methyl sites for hydroxylation is 1. The van der Waals surface area contributed by atoms with Crippen molar-refractivity contribution >= 4 is 5.97 Å². The molecule has 0 unspecified atom stereocenters. The summed E-state index contributed by atoms with van der Waals surface area (Å²) in [6.45, 7) is 0. The Balaban J connectivity index is 1.95. The number of ether oxygens (including phenoxy) is 1. The van der Waals surface area contributed by atoms with Gasteiger partial charge in [-0.05, 0) is 35.9 Å². The summed E-state index contributed by atoms with van der Waals surface area (Å²) in [5.74, 6) is -0.0340. The van der Waals surface area contributed by atoms with Crippen LogP contribution in [0.15, 0.2) is 54.7 Å². The van der Waals surface area contributed by atoms with Crippen LogP contribution >= 0.6 is 0 Å². The minimum Gasteiger partial charge on any atom is -0.477 e. The molecule has 1 aromatic heterocycles. The lowest BCUT2D eigenvalue weighted by Crippen LogP contribution is -2.05. The molecule has 0 atom stereocenters. The van der Waals surface area contributed by atoms with E-state index in [0.717, 1.165) is 0 Å². The first kappa shape index (κ1) is 16.8. The summed E-state index contributed by atoms with van der Waals surface area (Å²) < 4.78 is 7.14. The van der Waals surface area contributed by atoms with Crippen LogP contribution in [-0.4, -0.2) is 15.6 Å². The molecule has 6 heteroatoms. The van der Waals surface area contributed by atoms with Gasteiger partial charge in [-0.15, -0.1) is 0 Å². The SMILES string of the molecule is Cn1cc(C#N)c(-c2ccc(Oc3cccc(C#N)c3)cc2)c1C(=O)O. The van der Waals surface area contributed by atoms with E-state index in [2.05, 4.69) is 0 Å². The minimum atomic E-state index is -1.10. The Labute approximate surface area is 149 Å². The molecule has 1 heterocycles. The Morgan fingerprint density at radius 2 is 1.81 bits per heavy atom. The van der Waals surface area contributed by atoms with E-state index < -0.39 is 5.97 Å². The molecule has 0 fully saturated rings. The van der Waals surface area contributed by atoms with Gasteiger partial charge in [-0.25, -0.2) is 4.79 Å². The molecule has 26 heavy (non-hydrogen) atoms. The minimum absolute atomic E-state index is 0.0527. The maximum Gasteiger partial charge on any atom is 0.353 e. The average Bonchev–Trinajstić information content (AvgIpc) is 2.99. The first-order chi connectivity index (χ1) is 12.5. The van der Waals surface area contributed by atoms with Gasteiger partial charge >= 0.3 is 5.97 Å². The third kappa shape index (κ3) is 3.12. The maximum absolute atomic E-state index is 11.5. The van der Waals surface area contributed by atoms with Gasteiger partial charge in [0.25, 0.3) is 0 Å². The fraction of sp³-hybridized carbons (Fsp3) is 0.0500. The fourth-order valence-electron chi connectivity index (χ4n) is 2.72. The van der Waals surface area contributed by atoms with Gasteiger partial charge in [-0.3, -0.25) is 0 Å². The van der Waals surface area contributed by atoms with Crippen molar-refractivity contribution in [3.8, 4) is 34.8 Å². The fourth-order valence-corrected chi connectivity index (χ4v) is 2.72. The number of hydrogen-bond donors (Lipinski definition) is 1. The topological polar surface area (TPSA) is 99.0 Å². The molecule has 0 saturated heterocycles. The Kier molecular flexibility index (Phi) is 4.42. The molecular formula is C20H13N3O3. The summed E-state index contributed by atoms with van der Waals surface area (Å²) in [4.78, 5) is 11.5. The zero-order valence-electron chi connectivity index (χ0n) is 13.8. The highest BCUT2D eigenvalue weighted by atomic mass is 16.5. The molecule has 2 aromatic carbocycles. The quantitative estimate of drug-likeness (QED) is 0.774. The second-order valence-electron chi connectivity index (χ2n) is 5.56. The van der Waals surface area contributed by atoms with Crippen molar-refractivity contribution in [1.82, 2.24) is 4.57 Å². The third-order valence-corrected chi connectivity index (χ3v) is 3.85. The first-order valence-corrected chi connectivity index (χ1v) is 7.64. The van der Waals surface area contributed by atoms with Gasteiger partial charge in [-0.2, -0.15) is 10.5 Å². The molecule has 3 aromatic rings. The zero-order chi connectivity index (χ0) is 18.7. The zero-order valence-corrected chi connectivity index (χ0v) is 13.8. The molecule has 0 spiro atoms. The molecule has 6 nitrogen and oxygen atoms in total. The predicted octanol–water partition coefficient (Wildman–Crippen LogP) is 3.93. The highest BCUT2D eigenvalue weighted by molar-refractivity contribution is 5.96. The van der Waals surface area contributed by atoms with Gasteiger partial charge in [0.1, 0.15) is 23.3 Å². The standard InChI is InChI=1S/C20H13N3O3/c1-23-12-15(11-22)18(19(23)20(24)25)14-5-7-16(8-6-14)26-17-4-2-3-13(9-17)10-21/h2-9,12H,1H3,(H,24,25). The molecule has 0 aliphatic heterocycles. The highest BCUT2D eigenvalue weighted by Crippen LogP contribution is 2.31. The van der Waals surface area contributed by atoms with Gasteiger partial charge < -0.3 is 14.4 Å².